The first kappa shape index (κ1) is 36.7. The molecule has 0 aliphatic rings. The third-order valence-corrected chi connectivity index (χ3v) is 6.27. The van der Waals surface area contributed by atoms with Crippen LogP contribution in [0.1, 0.15) is 112 Å². The van der Waals surface area contributed by atoms with Crippen molar-refractivity contribution in [3.05, 3.63) is 34.4 Å². The van der Waals surface area contributed by atoms with Crippen molar-refractivity contribution in [3.8, 4) is 36.4 Å². The largest absolute Gasteiger partial charge is 0.198 e. The van der Waals surface area contributed by atoms with Crippen molar-refractivity contribution in [2.24, 2.45) is 5.41 Å². The molecule has 6 heteroatoms. The van der Waals surface area contributed by atoms with Crippen molar-refractivity contribution in [2.75, 3.05) is 0 Å². The summed E-state index contributed by atoms with van der Waals surface area (Å²) < 4.78 is 0. The zero-order chi connectivity index (χ0) is 28.4. The highest BCUT2D eigenvalue weighted by molar-refractivity contribution is 5.21. The molecular formula is C30H42N6. The lowest BCUT2D eigenvalue weighted by Crippen LogP contribution is -2.16. The topological polar surface area (TPSA) is 143 Å². The standard InChI is InChI=1S/3C10H14N2/c1-4-10(3,6-8-12)9(2)5-7-11;2*1-3-9(5-7-11)10(4-2)6-8-12/h2,4-6H2,1,3H3;2*3-6H2,1-2H3/b;10-9+;10-9-. The van der Waals surface area contributed by atoms with Crippen molar-refractivity contribution < 1.29 is 0 Å². The van der Waals surface area contributed by atoms with Gasteiger partial charge in [-0.15, -0.1) is 0 Å². The molecule has 0 N–H and O–H groups in total. The summed E-state index contributed by atoms with van der Waals surface area (Å²) in [5.74, 6) is 0. The van der Waals surface area contributed by atoms with Gasteiger partial charge >= 0.3 is 0 Å². The van der Waals surface area contributed by atoms with Crippen molar-refractivity contribution in [1.82, 2.24) is 0 Å². The van der Waals surface area contributed by atoms with Crippen molar-refractivity contribution >= 4 is 0 Å². The number of nitriles is 6. The van der Waals surface area contributed by atoms with Crippen LogP contribution in [0.4, 0.5) is 0 Å². The van der Waals surface area contributed by atoms with Crippen LogP contribution in [0, 0.1) is 73.4 Å². The minimum atomic E-state index is -0.176. The molecular weight excluding hydrogens is 444 g/mol. The van der Waals surface area contributed by atoms with Gasteiger partial charge in [-0.25, -0.2) is 0 Å². The van der Waals surface area contributed by atoms with E-state index in [2.05, 4.69) is 43.0 Å². The normalized spacial score (nSPS) is 12.2. The monoisotopic (exact) mass is 486 g/mol. The zero-order valence-electron chi connectivity index (χ0n) is 23.2. The number of hydrogen-bond acceptors (Lipinski definition) is 6. The first-order valence-corrected chi connectivity index (χ1v) is 12.5. The fraction of sp³-hybridized carbons (Fsp3) is 0.600. The van der Waals surface area contributed by atoms with Gasteiger partial charge in [0.05, 0.1) is 68.5 Å². The van der Waals surface area contributed by atoms with Gasteiger partial charge in [0.1, 0.15) is 0 Å². The van der Waals surface area contributed by atoms with E-state index in [1.807, 2.05) is 41.5 Å². The highest BCUT2D eigenvalue weighted by Crippen LogP contribution is 2.34. The molecule has 0 heterocycles. The van der Waals surface area contributed by atoms with Crippen LogP contribution in [0.2, 0.25) is 0 Å². The summed E-state index contributed by atoms with van der Waals surface area (Å²) in [4.78, 5) is 0. The summed E-state index contributed by atoms with van der Waals surface area (Å²) >= 11 is 0. The van der Waals surface area contributed by atoms with Gasteiger partial charge in [0.15, 0.2) is 0 Å². The Morgan fingerprint density at radius 3 is 0.972 bits per heavy atom. The molecule has 0 aliphatic carbocycles. The number of rotatable bonds is 12. The minimum Gasteiger partial charge on any atom is -0.198 e. The predicted octanol–water partition coefficient (Wildman–Crippen LogP) is 8.65. The molecule has 1 unspecified atom stereocenters. The molecule has 0 radical (unpaired) electrons. The van der Waals surface area contributed by atoms with Crippen LogP contribution in [-0.2, 0) is 0 Å². The highest BCUT2D eigenvalue weighted by Gasteiger charge is 2.24. The van der Waals surface area contributed by atoms with Gasteiger partial charge in [0, 0.05) is 11.8 Å². The molecule has 1 atom stereocenters. The summed E-state index contributed by atoms with van der Waals surface area (Å²) in [6, 6.07) is 12.7. The Bertz CT molecular complexity index is 867. The third kappa shape index (κ3) is 15.9. The maximum absolute atomic E-state index is 8.58. The maximum atomic E-state index is 8.58. The van der Waals surface area contributed by atoms with Gasteiger partial charge in [-0.2, -0.15) is 31.6 Å². The zero-order valence-corrected chi connectivity index (χ0v) is 23.2. The van der Waals surface area contributed by atoms with Crippen LogP contribution in [0.15, 0.2) is 34.4 Å². The SMILES string of the molecule is C=C(CC#N)C(C)(CC)CC#N.CC/C(CC#N)=C(/CC)CC#N.CC/C(CC#N)=C(\CC)CC#N. The van der Waals surface area contributed by atoms with Crippen molar-refractivity contribution in [1.29, 1.82) is 31.6 Å². The summed E-state index contributed by atoms with van der Waals surface area (Å²) in [5, 5.41) is 51.1. The average Bonchev–Trinajstić information content (AvgIpc) is 2.89. The van der Waals surface area contributed by atoms with Gasteiger partial charge in [-0.05, 0) is 32.1 Å². The van der Waals surface area contributed by atoms with Crippen LogP contribution >= 0.6 is 0 Å². The van der Waals surface area contributed by atoms with Gasteiger partial charge in [-0.1, -0.05) is 76.0 Å². The lowest BCUT2D eigenvalue weighted by atomic mass is 9.77. The van der Waals surface area contributed by atoms with E-state index >= 15 is 0 Å². The first-order chi connectivity index (χ1) is 17.2. The van der Waals surface area contributed by atoms with E-state index in [4.69, 9.17) is 31.6 Å². The van der Waals surface area contributed by atoms with Gasteiger partial charge < -0.3 is 0 Å². The second-order valence-electron chi connectivity index (χ2n) is 8.36. The third-order valence-electron chi connectivity index (χ3n) is 6.27. The highest BCUT2D eigenvalue weighted by atomic mass is 14.3. The van der Waals surface area contributed by atoms with Gasteiger partial charge in [0.2, 0.25) is 0 Å². The molecule has 0 saturated heterocycles. The minimum absolute atomic E-state index is 0.176. The van der Waals surface area contributed by atoms with Gasteiger partial charge in [0.25, 0.3) is 0 Å². The number of allylic oxidation sites excluding steroid dienone is 5. The van der Waals surface area contributed by atoms with E-state index in [0.717, 1.165) is 60.0 Å². The molecule has 0 aliphatic heterocycles. The van der Waals surface area contributed by atoms with E-state index in [1.54, 1.807) is 0 Å². The molecule has 0 aromatic carbocycles. The second-order valence-corrected chi connectivity index (χ2v) is 8.36. The van der Waals surface area contributed by atoms with Crippen LogP contribution in [0.3, 0.4) is 0 Å². The average molecular weight is 487 g/mol. The Morgan fingerprint density at radius 1 is 0.528 bits per heavy atom. The van der Waals surface area contributed by atoms with Crippen LogP contribution in [-0.4, -0.2) is 0 Å². The fourth-order valence-corrected chi connectivity index (χ4v) is 3.37. The number of nitrogens with zero attached hydrogens (tertiary/aromatic N) is 6. The van der Waals surface area contributed by atoms with E-state index < -0.39 is 0 Å². The van der Waals surface area contributed by atoms with Crippen LogP contribution < -0.4 is 0 Å². The Morgan fingerprint density at radius 2 is 0.806 bits per heavy atom. The van der Waals surface area contributed by atoms with E-state index in [-0.39, 0.29) is 5.41 Å². The van der Waals surface area contributed by atoms with Gasteiger partial charge in [-0.3, -0.25) is 0 Å². The maximum Gasteiger partial charge on any atom is 0.0666 e. The number of hydrogen-bond donors (Lipinski definition) is 0. The molecule has 0 rings (SSSR count). The summed E-state index contributed by atoms with van der Waals surface area (Å²) in [6.45, 7) is 15.9. The predicted molar refractivity (Wildman–Crippen MR) is 144 cm³/mol. The van der Waals surface area contributed by atoms with E-state index in [1.165, 1.54) is 0 Å². The molecule has 0 bridgehead atoms. The molecule has 0 fully saturated rings. The van der Waals surface area contributed by atoms with E-state index in [9.17, 15) is 0 Å². The fourth-order valence-electron chi connectivity index (χ4n) is 3.37. The Hall–Kier alpha value is -3.84. The molecule has 0 saturated carbocycles. The van der Waals surface area contributed by atoms with Crippen LogP contribution in [0.5, 0.6) is 0 Å². The molecule has 6 nitrogen and oxygen atoms in total. The molecule has 0 aromatic heterocycles. The molecule has 0 aromatic rings. The smallest absolute Gasteiger partial charge is 0.0666 e. The first-order valence-electron chi connectivity index (χ1n) is 12.5. The van der Waals surface area contributed by atoms with Crippen molar-refractivity contribution in [2.45, 2.75) is 112 Å². The molecule has 0 spiro atoms. The lowest BCUT2D eigenvalue weighted by molar-refractivity contribution is 0.387. The Kier molecular flexibility index (Phi) is 24.8. The molecule has 36 heavy (non-hydrogen) atoms. The lowest BCUT2D eigenvalue weighted by Gasteiger charge is -2.26. The summed E-state index contributed by atoms with van der Waals surface area (Å²) in [5.41, 5.74) is 5.25. The molecule has 0 amide bonds. The quantitative estimate of drug-likeness (QED) is 0.252. The Labute approximate surface area is 220 Å². The summed E-state index contributed by atoms with van der Waals surface area (Å²) in [6.07, 6.45) is 7.11. The second kappa shape index (κ2) is 24.3. The van der Waals surface area contributed by atoms with Crippen LogP contribution in [0.25, 0.3) is 0 Å². The molecule has 192 valence electrons. The Balaban J connectivity index is -0.000000454. The summed E-state index contributed by atoms with van der Waals surface area (Å²) in [7, 11) is 0. The van der Waals surface area contributed by atoms with Crippen molar-refractivity contribution in [3.63, 3.8) is 0 Å². The van der Waals surface area contributed by atoms with E-state index in [0.29, 0.717) is 38.5 Å².